The van der Waals surface area contributed by atoms with E-state index < -0.39 is 15.9 Å². The van der Waals surface area contributed by atoms with Gasteiger partial charge in [-0.2, -0.15) is 5.10 Å². The van der Waals surface area contributed by atoms with Crippen LogP contribution in [0.1, 0.15) is 67.9 Å². The summed E-state index contributed by atoms with van der Waals surface area (Å²) in [6, 6.07) is 18.0. The van der Waals surface area contributed by atoms with Crippen molar-refractivity contribution in [3.63, 3.8) is 0 Å². The summed E-state index contributed by atoms with van der Waals surface area (Å²) in [5.41, 5.74) is 4.40. The Labute approximate surface area is 257 Å². The van der Waals surface area contributed by atoms with Gasteiger partial charge in [0.15, 0.2) is 0 Å². The van der Waals surface area contributed by atoms with Crippen LogP contribution >= 0.6 is 11.3 Å². The van der Waals surface area contributed by atoms with E-state index in [4.69, 9.17) is 0 Å². The number of carbonyl (C=O) groups is 2. The van der Waals surface area contributed by atoms with E-state index in [0.717, 1.165) is 47.8 Å². The van der Waals surface area contributed by atoms with Crippen molar-refractivity contribution in [1.82, 2.24) is 19.0 Å². The number of hydrogen-bond acceptors (Lipinski definition) is 7. The summed E-state index contributed by atoms with van der Waals surface area (Å²) in [6.45, 7) is 8.37. The van der Waals surface area contributed by atoms with Crippen molar-refractivity contribution in [1.29, 1.82) is 0 Å². The molecule has 1 N–H and O–H groups in total. The first-order valence-corrected chi connectivity index (χ1v) is 16.7. The third-order valence-electron chi connectivity index (χ3n) is 7.68. The summed E-state index contributed by atoms with van der Waals surface area (Å²) in [5, 5.41) is 7.87. The molecule has 5 rings (SSSR count). The third-order valence-corrected chi connectivity index (χ3v) is 10.7. The van der Waals surface area contributed by atoms with Crippen LogP contribution in [-0.2, 0) is 29.5 Å². The van der Waals surface area contributed by atoms with Gasteiger partial charge in [0, 0.05) is 49.4 Å². The van der Waals surface area contributed by atoms with Crippen molar-refractivity contribution in [2.75, 3.05) is 25.5 Å². The molecule has 1 aliphatic rings. The molecule has 2 aromatic heterocycles. The molecule has 226 valence electrons. The quantitative estimate of drug-likeness (QED) is 0.252. The Morgan fingerprint density at radius 3 is 2.44 bits per heavy atom. The van der Waals surface area contributed by atoms with Crippen LogP contribution in [0.5, 0.6) is 0 Å². The number of aryl methyl sites for hydroxylation is 2. The van der Waals surface area contributed by atoms with Crippen LogP contribution in [0.2, 0.25) is 0 Å². The topological polar surface area (TPSA) is 105 Å². The number of unbranched alkanes of at least 4 members (excludes halogenated alkanes) is 1. The number of fused-ring (bicyclic) bond motifs is 1. The van der Waals surface area contributed by atoms with Gasteiger partial charge in [-0.25, -0.2) is 17.4 Å². The molecular formula is C32H37N5O4S2. The predicted molar refractivity (Wildman–Crippen MR) is 169 cm³/mol. The molecule has 11 heteroatoms. The number of aromatic nitrogens is 2. The molecule has 0 fully saturated rings. The lowest BCUT2D eigenvalue weighted by atomic mass is 10.0. The van der Waals surface area contributed by atoms with Gasteiger partial charge in [0.1, 0.15) is 5.00 Å². The number of anilines is 1. The summed E-state index contributed by atoms with van der Waals surface area (Å²) in [4.78, 5) is 30.8. The molecule has 43 heavy (non-hydrogen) atoms. The number of nitrogens with zero attached hydrogens (tertiary/aromatic N) is 4. The molecule has 1 amide bonds. The number of nitrogens with one attached hydrogen (secondary N) is 1. The minimum absolute atomic E-state index is 0.133. The standard InChI is InChI=1S/C32H37N5O4S2/c1-5-6-17-35(4)43(40,41)26-14-12-25(13-15-26)30(38)33-31-29(32(39)37-23(3)19-22(2)34-37)27-16-18-36(21-28(27)42-31)20-24-10-8-7-9-11-24/h7-15,19H,5-6,16-18,20-21H2,1-4H3,(H,33,38). The highest BCUT2D eigenvalue weighted by Crippen LogP contribution is 2.38. The molecule has 0 saturated heterocycles. The second-order valence-corrected chi connectivity index (χ2v) is 14.1. The maximum Gasteiger partial charge on any atom is 0.281 e. The van der Waals surface area contributed by atoms with E-state index >= 15 is 0 Å². The number of hydrogen-bond donors (Lipinski definition) is 1. The fourth-order valence-corrected chi connectivity index (χ4v) is 7.81. The number of sulfonamides is 1. The number of rotatable bonds is 10. The second-order valence-electron chi connectivity index (χ2n) is 11.0. The average molecular weight is 620 g/mol. The van der Waals surface area contributed by atoms with Gasteiger partial charge in [0.2, 0.25) is 10.0 Å². The van der Waals surface area contributed by atoms with E-state index in [9.17, 15) is 18.0 Å². The van der Waals surface area contributed by atoms with Gasteiger partial charge in [-0.15, -0.1) is 11.3 Å². The lowest BCUT2D eigenvalue weighted by Crippen LogP contribution is -2.30. The van der Waals surface area contributed by atoms with Crippen molar-refractivity contribution >= 4 is 38.2 Å². The second kappa shape index (κ2) is 12.9. The smallest absolute Gasteiger partial charge is 0.281 e. The molecule has 0 spiro atoms. The Morgan fingerprint density at radius 2 is 1.79 bits per heavy atom. The minimum Gasteiger partial charge on any atom is -0.313 e. The van der Waals surface area contributed by atoms with E-state index in [-0.39, 0.29) is 10.8 Å². The SMILES string of the molecule is CCCCN(C)S(=O)(=O)c1ccc(C(=O)Nc2sc3c(c2C(=O)n2nc(C)cc2C)CCN(Cc2ccccc2)C3)cc1. The highest BCUT2D eigenvalue weighted by Gasteiger charge is 2.31. The van der Waals surface area contributed by atoms with Gasteiger partial charge < -0.3 is 5.32 Å². The van der Waals surface area contributed by atoms with Crippen LogP contribution in [0.25, 0.3) is 0 Å². The zero-order chi connectivity index (χ0) is 30.7. The number of thiophene rings is 1. The fourth-order valence-electron chi connectivity index (χ4n) is 5.32. The Balaban J connectivity index is 1.42. The van der Waals surface area contributed by atoms with Crippen LogP contribution in [0.15, 0.2) is 65.6 Å². The van der Waals surface area contributed by atoms with Crippen molar-refractivity contribution in [2.45, 2.75) is 58.0 Å². The van der Waals surface area contributed by atoms with Crippen molar-refractivity contribution in [3.8, 4) is 0 Å². The van der Waals surface area contributed by atoms with E-state index in [1.54, 1.807) is 7.05 Å². The monoisotopic (exact) mass is 619 g/mol. The Hall–Kier alpha value is -3.64. The molecule has 2 aromatic carbocycles. The lowest BCUT2D eigenvalue weighted by Gasteiger charge is -2.27. The molecule has 4 aromatic rings. The Morgan fingerprint density at radius 1 is 1.07 bits per heavy atom. The molecular weight excluding hydrogens is 583 g/mol. The molecule has 0 aliphatic carbocycles. The summed E-state index contributed by atoms with van der Waals surface area (Å²) < 4.78 is 28.6. The third kappa shape index (κ3) is 6.65. The van der Waals surface area contributed by atoms with Gasteiger partial charge in [-0.05, 0) is 68.1 Å². The largest absolute Gasteiger partial charge is 0.313 e. The van der Waals surface area contributed by atoms with Crippen molar-refractivity contribution in [2.24, 2.45) is 0 Å². The van der Waals surface area contributed by atoms with Crippen LogP contribution in [0.3, 0.4) is 0 Å². The van der Waals surface area contributed by atoms with E-state index in [0.29, 0.717) is 35.6 Å². The number of carbonyl (C=O) groups excluding carboxylic acids is 2. The first kappa shape index (κ1) is 30.8. The summed E-state index contributed by atoms with van der Waals surface area (Å²) in [6.07, 6.45) is 2.33. The van der Waals surface area contributed by atoms with Gasteiger partial charge in [-0.1, -0.05) is 43.7 Å². The minimum atomic E-state index is -3.65. The molecule has 0 bridgehead atoms. The molecule has 0 saturated carbocycles. The zero-order valence-corrected chi connectivity index (χ0v) is 26.6. The van der Waals surface area contributed by atoms with Crippen molar-refractivity contribution in [3.05, 3.63) is 99.2 Å². The molecule has 0 radical (unpaired) electrons. The normalized spacial score (nSPS) is 13.7. The maximum atomic E-state index is 13.9. The van der Waals surface area contributed by atoms with Gasteiger partial charge in [0.05, 0.1) is 16.2 Å². The van der Waals surface area contributed by atoms with Gasteiger partial charge in [0.25, 0.3) is 11.8 Å². The summed E-state index contributed by atoms with van der Waals surface area (Å²) in [5.74, 6) is -0.683. The average Bonchev–Trinajstić information content (AvgIpc) is 3.53. The first-order valence-electron chi connectivity index (χ1n) is 14.4. The number of benzene rings is 2. The van der Waals surface area contributed by atoms with Crippen molar-refractivity contribution < 1.29 is 18.0 Å². The summed E-state index contributed by atoms with van der Waals surface area (Å²) >= 11 is 1.42. The molecule has 0 atom stereocenters. The van der Waals surface area contributed by atoms with E-state index in [1.807, 2.05) is 45.0 Å². The van der Waals surface area contributed by atoms with E-state index in [2.05, 4.69) is 27.4 Å². The van der Waals surface area contributed by atoms with Gasteiger partial charge in [-0.3, -0.25) is 14.5 Å². The van der Waals surface area contributed by atoms with Crippen LogP contribution in [-0.4, -0.2) is 59.4 Å². The molecule has 1 aliphatic heterocycles. The maximum absolute atomic E-state index is 13.9. The molecule has 9 nitrogen and oxygen atoms in total. The first-order chi connectivity index (χ1) is 20.6. The lowest BCUT2D eigenvalue weighted by molar-refractivity contribution is 0.0942. The van der Waals surface area contributed by atoms with Crippen LogP contribution in [0.4, 0.5) is 5.00 Å². The highest BCUT2D eigenvalue weighted by molar-refractivity contribution is 7.89. The fraction of sp³-hybridized carbons (Fsp3) is 0.344. The summed E-state index contributed by atoms with van der Waals surface area (Å²) in [7, 11) is -2.09. The molecule has 3 heterocycles. The number of amides is 1. The Bertz CT molecular complexity index is 1730. The predicted octanol–water partition coefficient (Wildman–Crippen LogP) is 5.48. The molecule has 0 unspecified atom stereocenters. The highest BCUT2D eigenvalue weighted by atomic mass is 32.2. The van der Waals surface area contributed by atoms with Gasteiger partial charge >= 0.3 is 0 Å². The Kier molecular flexibility index (Phi) is 9.26. The van der Waals surface area contributed by atoms with E-state index in [1.165, 1.54) is 50.2 Å². The zero-order valence-electron chi connectivity index (χ0n) is 25.0. The van der Waals surface area contributed by atoms with Crippen LogP contribution < -0.4 is 5.32 Å². The van der Waals surface area contributed by atoms with Crippen LogP contribution in [0, 0.1) is 13.8 Å².